The highest BCUT2D eigenvalue weighted by molar-refractivity contribution is 7.93. The number of aromatic nitrogens is 3. The van der Waals surface area contributed by atoms with Gasteiger partial charge in [0.1, 0.15) is 24.5 Å². The van der Waals surface area contributed by atoms with Crippen molar-refractivity contribution >= 4 is 41.3 Å². The Morgan fingerprint density at radius 2 is 1.66 bits per heavy atom. The highest BCUT2D eigenvalue weighted by Gasteiger charge is 2.31. The van der Waals surface area contributed by atoms with Crippen LogP contribution in [0.15, 0.2) is 82.4 Å². The third-order valence-electron chi connectivity index (χ3n) is 15.7. The average molecular weight is 1060 g/mol. The predicted octanol–water partition coefficient (Wildman–Crippen LogP) is 12.0. The van der Waals surface area contributed by atoms with Gasteiger partial charge in [-0.15, -0.1) is 3.89 Å². The molecule has 2 unspecified atom stereocenters. The zero-order valence-corrected chi connectivity index (χ0v) is 49.1. The number of nitriles is 1. The maximum absolute atomic E-state index is 14.1. The summed E-state index contributed by atoms with van der Waals surface area (Å²) in [7, 11) is 3.25. The van der Waals surface area contributed by atoms with Gasteiger partial charge in [-0.1, -0.05) is 90.3 Å². The van der Waals surface area contributed by atoms with Crippen LogP contribution in [0.3, 0.4) is 0 Å². The number of ether oxygens (including phenoxy) is 1. The number of carbonyl (C=O) groups excluding carboxylic acids is 2. The molecule has 76 heavy (non-hydrogen) atoms. The number of aryl methyl sites for hydroxylation is 1. The Balaban J connectivity index is 0.00000172. The van der Waals surface area contributed by atoms with E-state index in [4.69, 9.17) is 4.74 Å². The zero-order valence-electron chi connectivity index (χ0n) is 48.2. The van der Waals surface area contributed by atoms with Crippen LogP contribution < -0.4 is 10.6 Å². The van der Waals surface area contributed by atoms with E-state index in [1.165, 1.54) is 15.1 Å². The van der Waals surface area contributed by atoms with Gasteiger partial charge in [-0.2, -0.15) is 5.26 Å². The van der Waals surface area contributed by atoms with E-state index in [1.54, 1.807) is 14.2 Å². The molecule has 8 rings (SSSR count). The number of likely N-dealkylation sites (N-methyl/N-ethyl adjacent to an activating group) is 1. The third kappa shape index (κ3) is 15.5. The van der Waals surface area contributed by atoms with E-state index >= 15 is 0 Å². The van der Waals surface area contributed by atoms with Crippen LogP contribution in [0.2, 0.25) is 0 Å². The lowest BCUT2D eigenvalue weighted by Gasteiger charge is -2.41. The first-order chi connectivity index (χ1) is 37.0. The number of amides is 2. The number of methoxy groups -OCH3 is 1. The number of likely N-dealkylation sites (tertiary alicyclic amines) is 2. The zero-order chi connectivity index (χ0) is 55.3. The first-order valence-electron chi connectivity index (χ1n) is 28.7. The molecule has 2 N–H and O–H groups in total. The molecule has 5 heterocycles. The Morgan fingerprint density at radius 3 is 2.28 bits per heavy atom. The summed E-state index contributed by atoms with van der Waals surface area (Å²) < 4.78 is 20.9. The van der Waals surface area contributed by atoms with Crippen molar-refractivity contribution in [1.29, 1.82) is 5.26 Å². The van der Waals surface area contributed by atoms with Crippen LogP contribution >= 0.6 is 12.3 Å². The summed E-state index contributed by atoms with van der Waals surface area (Å²) in [5.41, 5.74) is 12.0. The average Bonchev–Trinajstić information content (AvgIpc) is 3.83. The van der Waals surface area contributed by atoms with E-state index in [1.807, 2.05) is 78.9 Å². The van der Waals surface area contributed by atoms with Crippen molar-refractivity contribution in [2.45, 2.75) is 152 Å². The molecular formula is C61H91FN10O3S. The van der Waals surface area contributed by atoms with Crippen LogP contribution in [0.1, 0.15) is 144 Å². The van der Waals surface area contributed by atoms with Crippen LogP contribution in [0, 0.1) is 30.1 Å². The molecule has 2 amide bonds. The van der Waals surface area contributed by atoms with Gasteiger partial charge in [0.15, 0.2) is 12.3 Å². The van der Waals surface area contributed by atoms with Gasteiger partial charge in [-0.05, 0) is 139 Å². The Bertz CT molecular complexity index is 2570. The Morgan fingerprint density at radius 1 is 0.947 bits per heavy atom. The molecule has 0 saturated carbocycles. The van der Waals surface area contributed by atoms with Crippen molar-refractivity contribution < 1.29 is 18.2 Å². The lowest BCUT2D eigenvalue weighted by atomic mass is 9.82. The third-order valence-corrected chi connectivity index (χ3v) is 16.2. The van der Waals surface area contributed by atoms with Gasteiger partial charge in [0.25, 0.3) is 0 Å². The van der Waals surface area contributed by atoms with Gasteiger partial charge < -0.3 is 25.2 Å². The molecule has 3 aromatic rings. The normalized spacial score (nSPS) is 18.8. The van der Waals surface area contributed by atoms with Crippen LogP contribution in [-0.2, 0) is 20.9 Å². The van der Waals surface area contributed by atoms with Crippen LogP contribution in [-0.4, -0.2) is 130 Å². The van der Waals surface area contributed by atoms with Gasteiger partial charge in [0.05, 0.1) is 16.6 Å². The largest absolute Gasteiger partial charge is 0.377 e. The Hall–Kier alpha value is -5.27. The minimum absolute atomic E-state index is 0.0159. The molecule has 5 aliphatic rings. The summed E-state index contributed by atoms with van der Waals surface area (Å²) in [5, 5.41) is 16.2. The number of nitrogens with one attached hydrogen (secondary N) is 2. The molecule has 13 nitrogen and oxygen atoms in total. The number of hydrogen-bond acceptors (Lipinski definition) is 11. The topological polar surface area (TPSA) is 135 Å². The number of rotatable bonds is 17. The summed E-state index contributed by atoms with van der Waals surface area (Å²) in [6.07, 6.45) is 19.8. The summed E-state index contributed by atoms with van der Waals surface area (Å²) in [6, 6.07) is 10.5. The molecule has 416 valence electrons. The number of pyridine rings is 1. The molecule has 2 aromatic heterocycles. The first kappa shape index (κ1) is 61.6. The molecule has 0 radical (unpaired) electrons. The standard InChI is InChI=1S/C55H73FN10O3S.3C2H6/c1-7-8-50(54(67)58-5)60-46-14-16-51(45(32-46)34-57)64-29-27-62(28-30-64)35-40-18-23-65(24-19-40)55(68)43-11-9-41(10-12-43)42-20-25-63(26-21-42)39(4)37(2)31-48-38(3)59-22-17-47(48)44-13-15-49-52(33-44)66(70-56)53(61-49)36-69-6;3*1-2/h9,11,13,15,17,22,31-33,39-40,42,50,60H,7-8,10,12,14,16,18-21,23-30,35-36H2,1-6H3,(H,58,67);3*1-2H3/b37-31+;;;. The van der Waals surface area contributed by atoms with Crippen molar-refractivity contribution in [3.8, 4) is 17.2 Å². The van der Waals surface area contributed by atoms with E-state index in [2.05, 4.69) is 91.3 Å². The SMILES string of the molecule is CC.CC.CC.CCCC(NC1=CC(C#N)=C(N2CCN(CC3CCN(C(=O)C4=CC=C(C5CCN(C(C)/C(C)=C/c6c(-c7ccc8nc(COC)n(SF)c8c7)ccnc6C)CC5)CC4)CC3)CC2)CC1)C(=O)NC. The summed E-state index contributed by atoms with van der Waals surface area (Å²) >= 11 is 0.146. The molecule has 0 bridgehead atoms. The van der Waals surface area contributed by atoms with Gasteiger partial charge in [0, 0.05) is 100 Å². The molecule has 2 atom stereocenters. The quantitative estimate of drug-likeness (QED) is 0.134. The van der Waals surface area contributed by atoms with Crippen molar-refractivity contribution in [2.75, 3.05) is 73.1 Å². The fraction of sp³-hybridized carbons (Fsp3) is 0.590. The van der Waals surface area contributed by atoms with Crippen molar-refractivity contribution in [2.24, 2.45) is 11.8 Å². The first-order valence-corrected chi connectivity index (χ1v) is 29.3. The Labute approximate surface area is 460 Å². The second kappa shape index (κ2) is 31.2. The van der Waals surface area contributed by atoms with Gasteiger partial charge in [0.2, 0.25) is 11.8 Å². The number of carbonyl (C=O) groups is 2. The summed E-state index contributed by atoms with van der Waals surface area (Å²) in [6.45, 7) is 29.4. The lowest BCUT2D eigenvalue weighted by molar-refractivity contribution is -0.128. The van der Waals surface area contributed by atoms with Gasteiger partial charge in [-0.25, -0.2) is 8.96 Å². The summed E-state index contributed by atoms with van der Waals surface area (Å²) in [5.74, 6) is 1.87. The molecule has 1 aromatic carbocycles. The molecule has 3 fully saturated rings. The van der Waals surface area contributed by atoms with E-state index in [0.29, 0.717) is 28.8 Å². The van der Waals surface area contributed by atoms with Gasteiger partial charge in [-0.3, -0.25) is 24.4 Å². The molecule has 2 aliphatic carbocycles. The predicted molar refractivity (Wildman–Crippen MR) is 313 cm³/mol. The number of imidazole rings is 1. The number of piperazine rings is 1. The van der Waals surface area contributed by atoms with Crippen molar-refractivity contribution in [3.63, 3.8) is 0 Å². The van der Waals surface area contributed by atoms with E-state index in [9.17, 15) is 18.7 Å². The number of benzene rings is 1. The van der Waals surface area contributed by atoms with Crippen molar-refractivity contribution in [1.82, 2.24) is 44.2 Å². The van der Waals surface area contributed by atoms with Gasteiger partial charge >= 0.3 is 0 Å². The van der Waals surface area contributed by atoms with E-state index < -0.39 is 0 Å². The van der Waals surface area contributed by atoms with Crippen LogP contribution in [0.25, 0.3) is 28.2 Å². The fourth-order valence-electron chi connectivity index (χ4n) is 11.3. The number of fused-ring (bicyclic) bond motifs is 1. The maximum Gasteiger partial charge on any atom is 0.249 e. The van der Waals surface area contributed by atoms with Crippen molar-refractivity contribution in [3.05, 3.63) is 99.5 Å². The monoisotopic (exact) mass is 1060 g/mol. The molecule has 0 spiro atoms. The smallest absolute Gasteiger partial charge is 0.249 e. The Kier molecular flexibility index (Phi) is 25.3. The number of allylic oxidation sites excluding steroid dienone is 7. The second-order valence-electron chi connectivity index (χ2n) is 20.0. The van der Waals surface area contributed by atoms with E-state index in [-0.39, 0.29) is 42.8 Å². The minimum atomic E-state index is -0.280. The number of piperidine rings is 2. The molecule has 3 saturated heterocycles. The minimum Gasteiger partial charge on any atom is -0.377 e. The molecule has 15 heteroatoms. The highest BCUT2D eigenvalue weighted by atomic mass is 32.2. The fourth-order valence-corrected chi connectivity index (χ4v) is 11.7. The number of nitrogens with zero attached hydrogens (tertiary/aromatic N) is 8. The van der Waals surface area contributed by atoms with Crippen LogP contribution in [0.5, 0.6) is 0 Å². The second-order valence-corrected chi connectivity index (χ2v) is 20.5. The maximum atomic E-state index is 14.1. The van der Waals surface area contributed by atoms with E-state index in [0.717, 1.165) is 168 Å². The highest BCUT2D eigenvalue weighted by Crippen LogP contribution is 2.36. The van der Waals surface area contributed by atoms with Crippen LogP contribution in [0.4, 0.5) is 3.89 Å². The number of halogens is 1. The lowest BCUT2D eigenvalue weighted by Crippen LogP contribution is -2.49. The molecule has 3 aliphatic heterocycles. The summed E-state index contributed by atoms with van der Waals surface area (Å²) in [4.78, 5) is 45.1. The molecular weight excluding hydrogens is 972 g/mol. The number of hydrogen-bond donors (Lipinski definition) is 2.